The number of allylic oxidation sites excluding steroid dienone is 1. The van der Waals surface area contributed by atoms with Crippen LogP contribution in [0.4, 0.5) is 0 Å². The molecule has 11 atom stereocenters. The summed E-state index contributed by atoms with van der Waals surface area (Å²) in [6.45, 7) is 14.7. The first-order valence-corrected chi connectivity index (χ1v) is 18.7. The van der Waals surface area contributed by atoms with Crippen molar-refractivity contribution in [1.29, 1.82) is 0 Å². The van der Waals surface area contributed by atoms with E-state index < -0.39 is 82.6 Å². The second kappa shape index (κ2) is 14.6. The first-order valence-electron chi connectivity index (χ1n) is 18.7. The van der Waals surface area contributed by atoms with Crippen LogP contribution in [0.25, 0.3) is 0 Å². The number of fused-ring (bicyclic) bond motifs is 4. The lowest BCUT2D eigenvalue weighted by molar-refractivity contribution is -0.198. The molecule has 3 unspecified atom stereocenters. The van der Waals surface area contributed by atoms with Gasteiger partial charge in [-0.2, -0.15) is 0 Å². The lowest BCUT2D eigenvalue weighted by Gasteiger charge is -2.64. The summed E-state index contributed by atoms with van der Waals surface area (Å²) in [6, 6.07) is 0. The summed E-state index contributed by atoms with van der Waals surface area (Å²) in [4.78, 5) is 36.9. The molecule has 0 heterocycles. The average molecular weight is 724 g/mol. The van der Waals surface area contributed by atoms with E-state index in [0.717, 1.165) is 25.7 Å². The van der Waals surface area contributed by atoms with E-state index in [9.17, 15) is 45.0 Å². The Bertz CT molecular complexity index is 1350. The van der Waals surface area contributed by atoms with Gasteiger partial charge < -0.3 is 45.4 Å². The van der Waals surface area contributed by atoms with Crippen molar-refractivity contribution in [3.63, 3.8) is 0 Å². The van der Waals surface area contributed by atoms with Crippen molar-refractivity contribution in [2.45, 2.75) is 155 Å². The van der Waals surface area contributed by atoms with Crippen LogP contribution in [0.15, 0.2) is 11.1 Å². The van der Waals surface area contributed by atoms with Crippen molar-refractivity contribution < 1.29 is 54.5 Å². The number of ether oxygens (including phenoxy) is 2. The maximum Gasteiger partial charge on any atom is 0.325 e. The van der Waals surface area contributed by atoms with Crippen molar-refractivity contribution in [3.05, 3.63) is 11.1 Å². The Balaban J connectivity index is 1.53. The van der Waals surface area contributed by atoms with Crippen LogP contribution < -0.4 is 5.32 Å². The van der Waals surface area contributed by atoms with Crippen LogP contribution in [0, 0.1) is 39.4 Å². The van der Waals surface area contributed by atoms with Crippen molar-refractivity contribution in [1.82, 2.24) is 5.32 Å². The highest BCUT2D eigenvalue weighted by Gasteiger charge is 2.67. The molecule has 1 amide bonds. The second-order valence-electron chi connectivity index (χ2n) is 18.3. The van der Waals surface area contributed by atoms with Gasteiger partial charge in [0.15, 0.2) is 0 Å². The van der Waals surface area contributed by atoms with E-state index in [1.165, 1.54) is 25.2 Å². The van der Waals surface area contributed by atoms with E-state index in [4.69, 9.17) is 4.74 Å². The van der Waals surface area contributed by atoms with Crippen LogP contribution in [-0.4, -0.2) is 104 Å². The summed E-state index contributed by atoms with van der Waals surface area (Å²) in [6.07, 6.45) is 0.551. The lowest BCUT2D eigenvalue weighted by Crippen LogP contribution is -2.62. The van der Waals surface area contributed by atoms with Gasteiger partial charge in [-0.05, 0) is 101 Å². The highest BCUT2D eigenvalue weighted by atomic mass is 16.6. The normalized spacial score (nSPS) is 36.9. The molecule has 292 valence electrons. The topological polar surface area (TPSA) is 203 Å². The fourth-order valence-electron chi connectivity index (χ4n) is 11.2. The number of rotatable bonds is 13. The molecular formula is C39H65NO11. The average Bonchev–Trinajstić information content (AvgIpc) is 3.30. The number of esters is 2. The Morgan fingerprint density at radius 1 is 0.961 bits per heavy atom. The lowest BCUT2D eigenvalue weighted by atomic mass is 9.42. The number of carbonyl (C=O) groups excluding carboxylic acids is 3. The minimum Gasteiger partial charge on any atom is -0.468 e. The molecule has 0 aromatic rings. The van der Waals surface area contributed by atoms with Crippen LogP contribution in [0.2, 0.25) is 0 Å². The summed E-state index contributed by atoms with van der Waals surface area (Å²) < 4.78 is 10.4. The zero-order valence-electron chi connectivity index (χ0n) is 32.3. The third-order valence-corrected chi connectivity index (χ3v) is 14.2. The number of amides is 1. The molecule has 51 heavy (non-hydrogen) atoms. The molecule has 12 nitrogen and oxygen atoms in total. The molecule has 0 aromatic carbocycles. The molecule has 7 N–H and O–H groups in total. The highest BCUT2D eigenvalue weighted by molar-refractivity contribution is 5.83. The van der Waals surface area contributed by atoms with E-state index >= 15 is 0 Å². The summed E-state index contributed by atoms with van der Waals surface area (Å²) in [5.41, 5.74) is -2.47. The van der Waals surface area contributed by atoms with Gasteiger partial charge in [0.1, 0.15) is 12.6 Å². The summed E-state index contributed by atoms with van der Waals surface area (Å²) in [5, 5.41) is 68.5. The van der Waals surface area contributed by atoms with Crippen molar-refractivity contribution in [2.24, 2.45) is 39.4 Å². The highest BCUT2D eigenvalue weighted by Crippen LogP contribution is 2.72. The molecule has 0 saturated heterocycles. The minimum absolute atomic E-state index is 0.0143. The monoisotopic (exact) mass is 723 g/mol. The molecule has 0 spiro atoms. The predicted octanol–water partition coefficient (Wildman–Crippen LogP) is 2.93. The van der Waals surface area contributed by atoms with Gasteiger partial charge in [-0.25, -0.2) is 0 Å². The first-order chi connectivity index (χ1) is 23.4. The number of carbonyl (C=O) groups is 3. The molecule has 2 saturated carbocycles. The Hall–Kier alpha value is -2.09. The number of methoxy groups -OCH3 is 1. The number of aliphatic hydroxyl groups is 6. The molecule has 2 fully saturated rings. The molecule has 0 aromatic heterocycles. The van der Waals surface area contributed by atoms with Gasteiger partial charge >= 0.3 is 11.9 Å². The fraction of sp³-hybridized carbons (Fsp3) is 0.872. The molecule has 4 rings (SSSR count). The number of hydrogen-bond donors (Lipinski definition) is 7. The summed E-state index contributed by atoms with van der Waals surface area (Å²) in [7, 11) is 1.19. The van der Waals surface area contributed by atoms with Crippen LogP contribution in [0.1, 0.15) is 120 Å². The van der Waals surface area contributed by atoms with Crippen LogP contribution >= 0.6 is 0 Å². The van der Waals surface area contributed by atoms with Gasteiger partial charge in [-0.15, -0.1) is 0 Å². The first kappa shape index (κ1) is 41.7. The van der Waals surface area contributed by atoms with E-state index in [0.29, 0.717) is 25.7 Å². The second-order valence-corrected chi connectivity index (χ2v) is 18.3. The Kier molecular flexibility index (Phi) is 11.9. The molecule has 12 heteroatoms. The van der Waals surface area contributed by atoms with E-state index in [1.54, 1.807) is 13.8 Å². The van der Waals surface area contributed by atoms with Crippen LogP contribution in [0.5, 0.6) is 0 Å². The maximum absolute atomic E-state index is 13.2. The summed E-state index contributed by atoms with van der Waals surface area (Å²) >= 11 is 0. The third-order valence-electron chi connectivity index (χ3n) is 14.2. The molecule has 4 aliphatic rings. The van der Waals surface area contributed by atoms with Gasteiger partial charge in [0.05, 0.1) is 49.5 Å². The number of hydrogen-bond acceptors (Lipinski definition) is 11. The molecular weight excluding hydrogens is 658 g/mol. The molecule has 0 aliphatic heterocycles. The summed E-state index contributed by atoms with van der Waals surface area (Å²) in [5.74, 6) is -2.11. The van der Waals surface area contributed by atoms with E-state index in [1.807, 2.05) is 13.8 Å². The van der Waals surface area contributed by atoms with Crippen LogP contribution in [-0.2, 0) is 23.9 Å². The van der Waals surface area contributed by atoms with Gasteiger partial charge in [0.25, 0.3) is 0 Å². The fourth-order valence-corrected chi connectivity index (χ4v) is 11.2. The van der Waals surface area contributed by atoms with Crippen molar-refractivity contribution in [2.75, 3.05) is 20.3 Å². The predicted molar refractivity (Wildman–Crippen MR) is 189 cm³/mol. The molecule has 4 aliphatic carbocycles. The SMILES string of the molecule is COC(=O)CNC(=O)CC(C)(O)CC(=O)O[C@H]1[C@H](O)C[C@]2(C)C3=C(CCC2C1(C)C)[C@]1(C)CCC([C@H](CO)CC[C@@H](O)C(C)(C)O)[C@@]1(C)[C@@H](O)C3. The van der Waals surface area contributed by atoms with Crippen molar-refractivity contribution in [3.8, 4) is 0 Å². The Morgan fingerprint density at radius 3 is 2.20 bits per heavy atom. The molecule has 0 bridgehead atoms. The van der Waals surface area contributed by atoms with E-state index in [-0.39, 0.29) is 36.3 Å². The largest absolute Gasteiger partial charge is 0.468 e. The van der Waals surface area contributed by atoms with Gasteiger partial charge in [0, 0.05) is 17.4 Å². The Morgan fingerprint density at radius 2 is 1.61 bits per heavy atom. The quantitative estimate of drug-likeness (QED) is 0.109. The number of nitrogens with one attached hydrogen (secondary N) is 1. The molecule has 0 radical (unpaired) electrons. The maximum atomic E-state index is 13.2. The van der Waals surface area contributed by atoms with Gasteiger partial charge in [-0.3, -0.25) is 14.4 Å². The zero-order valence-corrected chi connectivity index (χ0v) is 32.3. The van der Waals surface area contributed by atoms with Crippen LogP contribution in [0.3, 0.4) is 0 Å². The zero-order chi connectivity index (χ0) is 38.5. The van der Waals surface area contributed by atoms with Gasteiger partial charge in [-0.1, -0.05) is 45.8 Å². The minimum atomic E-state index is -1.75. The standard InChI is InChI=1S/C39H65NO11/c1-34(2)27-12-11-24-25(16-29(44)39(8)23(14-15-38(24,39)7)22(21-41)10-13-28(43)35(3,4)48)37(27,6)17-26(42)33(34)51-31(46)19-36(5,49)18-30(45)40-20-32(47)50-9/h22-23,26-29,33,41-44,48-49H,10-21H2,1-9H3,(H,40,45)/t22-,23?,26+,27?,28+,29-,33-,36?,37+,38-,39-/m0/s1. The third kappa shape index (κ3) is 7.65. The van der Waals surface area contributed by atoms with Gasteiger partial charge in [0.2, 0.25) is 5.91 Å². The number of aliphatic hydroxyl groups excluding tert-OH is 4. The van der Waals surface area contributed by atoms with Crippen molar-refractivity contribution >= 4 is 17.8 Å². The smallest absolute Gasteiger partial charge is 0.325 e. The van der Waals surface area contributed by atoms with E-state index in [2.05, 4.69) is 30.8 Å². The Labute approximate surface area is 303 Å².